The van der Waals surface area contributed by atoms with Crippen LogP contribution in [0.5, 0.6) is 0 Å². The molecule has 7 aromatic rings. The first-order chi connectivity index (χ1) is 18.6. The van der Waals surface area contributed by atoms with Gasteiger partial charge in [0, 0.05) is 26.5 Å². The van der Waals surface area contributed by atoms with E-state index < -0.39 is 0 Å². The van der Waals surface area contributed by atoms with Crippen LogP contribution in [-0.4, -0.2) is 14.1 Å². The van der Waals surface area contributed by atoms with Gasteiger partial charge in [-0.15, -0.1) is 0 Å². The van der Waals surface area contributed by atoms with Crippen molar-refractivity contribution in [2.24, 2.45) is 14.1 Å². The van der Waals surface area contributed by atoms with Gasteiger partial charge in [-0.2, -0.15) is 0 Å². The van der Waals surface area contributed by atoms with E-state index in [0.29, 0.717) is 0 Å². The van der Waals surface area contributed by atoms with E-state index in [1.54, 1.807) is 9.13 Å². The molecular weight excluding hydrogens is 466 g/mol. The third kappa shape index (κ3) is 3.31. The summed E-state index contributed by atoms with van der Waals surface area (Å²) in [5, 5.41) is 4.80. The van der Waals surface area contributed by atoms with E-state index in [1.165, 1.54) is 43.8 Å². The molecule has 0 bridgehead atoms. The molecule has 182 valence electrons. The molecule has 0 saturated heterocycles. The Hall–Kier alpha value is -4.96. The summed E-state index contributed by atoms with van der Waals surface area (Å²) in [6.45, 7) is 0. The van der Waals surface area contributed by atoms with Crippen molar-refractivity contribution >= 4 is 32.6 Å². The highest BCUT2D eigenvalue weighted by atomic mass is 16.1. The van der Waals surface area contributed by atoms with Crippen molar-refractivity contribution in [3.05, 3.63) is 126 Å². The molecule has 38 heavy (non-hydrogen) atoms. The number of rotatable bonds is 3. The van der Waals surface area contributed by atoms with Gasteiger partial charge in [0.1, 0.15) is 0 Å². The van der Waals surface area contributed by atoms with Crippen molar-refractivity contribution in [2.45, 2.75) is 0 Å². The Morgan fingerprint density at radius 1 is 0.500 bits per heavy atom. The molecule has 0 atom stereocenters. The van der Waals surface area contributed by atoms with Gasteiger partial charge in [0.2, 0.25) is 0 Å². The SMILES string of the molecule is Cn1c(=O)n(C)c2cc(-c3c4ccccc4c(-c4ccc(-c5ccncc5)cc4)c4ccccc34)ccc21. The lowest BCUT2D eigenvalue weighted by atomic mass is 9.85. The maximum atomic E-state index is 12.6. The van der Waals surface area contributed by atoms with E-state index in [2.05, 4.69) is 96.0 Å². The molecule has 2 aromatic heterocycles. The van der Waals surface area contributed by atoms with Gasteiger partial charge in [-0.05, 0) is 79.2 Å². The van der Waals surface area contributed by atoms with E-state index in [1.807, 2.05) is 38.6 Å². The summed E-state index contributed by atoms with van der Waals surface area (Å²) in [6, 6.07) is 36.5. The summed E-state index contributed by atoms with van der Waals surface area (Å²) in [5.41, 5.74) is 8.87. The van der Waals surface area contributed by atoms with Gasteiger partial charge in [0.05, 0.1) is 11.0 Å². The minimum absolute atomic E-state index is 0.0163. The van der Waals surface area contributed by atoms with Gasteiger partial charge in [-0.3, -0.25) is 14.1 Å². The molecule has 0 radical (unpaired) electrons. The Morgan fingerprint density at radius 2 is 0.947 bits per heavy atom. The summed E-state index contributed by atoms with van der Waals surface area (Å²) in [6.07, 6.45) is 3.65. The molecule has 0 amide bonds. The highest BCUT2D eigenvalue weighted by Gasteiger charge is 2.18. The molecule has 0 aliphatic rings. The number of aromatic nitrogens is 3. The van der Waals surface area contributed by atoms with Crippen molar-refractivity contribution in [3.63, 3.8) is 0 Å². The van der Waals surface area contributed by atoms with Crippen LogP contribution >= 0.6 is 0 Å². The fourth-order valence-corrected chi connectivity index (χ4v) is 5.79. The van der Waals surface area contributed by atoms with Crippen LogP contribution in [-0.2, 0) is 14.1 Å². The van der Waals surface area contributed by atoms with E-state index in [-0.39, 0.29) is 5.69 Å². The molecule has 0 aliphatic heterocycles. The summed E-state index contributed by atoms with van der Waals surface area (Å²) < 4.78 is 3.43. The first kappa shape index (κ1) is 22.3. The fourth-order valence-electron chi connectivity index (χ4n) is 5.79. The average Bonchev–Trinajstić information content (AvgIpc) is 3.19. The molecule has 0 spiro atoms. The molecular formula is C34H25N3O. The van der Waals surface area contributed by atoms with Crippen molar-refractivity contribution in [3.8, 4) is 33.4 Å². The number of nitrogens with zero attached hydrogens (tertiary/aromatic N) is 3. The maximum Gasteiger partial charge on any atom is 0.328 e. The molecule has 0 N–H and O–H groups in total. The topological polar surface area (TPSA) is 39.8 Å². The minimum Gasteiger partial charge on any atom is -0.295 e. The van der Waals surface area contributed by atoms with Crippen molar-refractivity contribution in [1.29, 1.82) is 0 Å². The van der Waals surface area contributed by atoms with Gasteiger partial charge in [0.25, 0.3) is 0 Å². The van der Waals surface area contributed by atoms with E-state index >= 15 is 0 Å². The monoisotopic (exact) mass is 491 g/mol. The first-order valence-electron chi connectivity index (χ1n) is 12.7. The van der Waals surface area contributed by atoms with Crippen molar-refractivity contribution < 1.29 is 0 Å². The van der Waals surface area contributed by atoms with Gasteiger partial charge >= 0.3 is 5.69 Å². The van der Waals surface area contributed by atoms with Gasteiger partial charge in [-0.25, -0.2) is 4.79 Å². The predicted molar refractivity (Wildman–Crippen MR) is 157 cm³/mol. The molecule has 4 heteroatoms. The van der Waals surface area contributed by atoms with Crippen LogP contribution in [0.2, 0.25) is 0 Å². The second-order valence-corrected chi connectivity index (χ2v) is 9.76. The fraction of sp³-hybridized carbons (Fsp3) is 0.0588. The Kier molecular flexibility index (Phi) is 5.02. The molecule has 0 aliphatic carbocycles. The summed E-state index contributed by atoms with van der Waals surface area (Å²) >= 11 is 0. The van der Waals surface area contributed by atoms with E-state index in [0.717, 1.165) is 22.2 Å². The lowest BCUT2D eigenvalue weighted by Crippen LogP contribution is -2.19. The predicted octanol–water partition coefficient (Wildman–Crippen LogP) is 7.58. The number of fused-ring (bicyclic) bond motifs is 3. The molecule has 0 fully saturated rings. The number of hydrogen-bond acceptors (Lipinski definition) is 2. The minimum atomic E-state index is -0.0163. The smallest absolute Gasteiger partial charge is 0.295 e. The second kappa shape index (κ2) is 8.56. The zero-order valence-corrected chi connectivity index (χ0v) is 21.2. The number of hydrogen-bond donors (Lipinski definition) is 0. The van der Waals surface area contributed by atoms with Crippen molar-refractivity contribution in [2.75, 3.05) is 0 Å². The van der Waals surface area contributed by atoms with Crippen LogP contribution in [0.1, 0.15) is 0 Å². The zero-order valence-electron chi connectivity index (χ0n) is 21.2. The Labute approximate surface area is 220 Å². The number of benzene rings is 5. The Bertz CT molecular complexity index is 1990. The van der Waals surface area contributed by atoms with Crippen LogP contribution in [0.15, 0.2) is 120 Å². The quantitative estimate of drug-likeness (QED) is 0.239. The molecule has 7 rings (SSSR count). The standard InChI is InChI=1S/C34H25N3O/c1-36-30-16-15-25(21-31(30)37(2)34(36)38)33-28-9-5-3-7-26(28)32(27-8-4-6-10-29(27)33)24-13-11-22(12-14-24)23-17-19-35-20-18-23/h3-21H,1-2H3. The van der Waals surface area contributed by atoms with Crippen molar-refractivity contribution in [1.82, 2.24) is 14.1 Å². The van der Waals surface area contributed by atoms with Crippen LogP contribution < -0.4 is 5.69 Å². The molecule has 2 heterocycles. The van der Waals surface area contributed by atoms with Crippen LogP contribution in [0, 0.1) is 0 Å². The molecule has 5 aromatic carbocycles. The lowest BCUT2D eigenvalue weighted by molar-refractivity contribution is 0.795. The average molecular weight is 492 g/mol. The summed E-state index contributed by atoms with van der Waals surface area (Å²) in [4.78, 5) is 16.7. The highest BCUT2D eigenvalue weighted by molar-refractivity contribution is 6.21. The normalized spacial score (nSPS) is 11.5. The zero-order chi connectivity index (χ0) is 25.8. The first-order valence-corrected chi connectivity index (χ1v) is 12.7. The third-order valence-electron chi connectivity index (χ3n) is 7.68. The molecule has 0 unspecified atom stereocenters. The maximum absolute atomic E-state index is 12.6. The van der Waals surface area contributed by atoms with E-state index in [9.17, 15) is 4.79 Å². The highest BCUT2D eigenvalue weighted by Crippen LogP contribution is 2.44. The number of imidazole rings is 1. The third-order valence-corrected chi connectivity index (χ3v) is 7.68. The van der Waals surface area contributed by atoms with Crippen LogP contribution in [0.25, 0.3) is 66.0 Å². The Balaban J connectivity index is 1.51. The number of pyridine rings is 1. The van der Waals surface area contributed by atoms with Gasteiger partial charge < -0.3 is 0 Å². The Morgan fingerprint density at radius 3 is 1.53 bits per heavy atom. The van der Waals surface area contributed by atoms with Crippen LogP contribution in [0.3, 0.4) is 0 Å². The van der Waals surface area contributed by atoms with Gasteiger partial charge in [-0.1, -0.05) is 78.9 Å². The van der Waals surface area contributed by atoms with Gasteiger partial charge in [0.15, 0.2) is 0 Å². The van der Waals surface area contributed by atoms with E-state index in [4.69, 9.17) is 0 Å². The second-order valence-electron chi connectivity index (χ2n) is 9.76. The molecule has 0 saturated carbocycles. The largest absolute Gasteiger partial charge is 0.328 e. The van der Waals surface area contributed by atoms with Crippen LogP contribution in [0.4, 0.5) is 0 Å². The number of aryl methyl sites for hydroxylation is 2. The summed E-state index contributed by atoms with van der Waals surface area (Å²) in [7, 11) is 3.66. The lowest BCUT2D eigenvalue weighted by Gasteiger charge is -2.18. The summed E-state index contributed by atoms with van der Waals surface area (Å²) in [5.74, 6) is 0. The molecule has 4 nitrogen and oxygen atoms in total.